The van der Waals surface area contributed by atoms with Gasteiger partial charge in [-0.1, -0.05) is 42.5 Å². The van der Waals surface area contributed by atoms with Crippen molar-refractivity contribution in [3.63, 3.8) is 0 Å². The van der Waals surface area contributed by atoms with Crippen LogP contribution >= 0.6 is 0 Å². The molecular weight excluding hydrogens is 262 g/mol. The zero-order valence-electron chi connectivity index (χ0n) is 12.5. The average Bonchev–Trinajstić information content (AvgIpc) is 2.56. The molecule has 4 heteroatoms. The lowest BCUT2D eigenvalue weighted by Crippen LogP contribution is -2.36. The number of ether oxygens (including phenoxy) is 1. The van der Waals surface area contributed by atoms with Crippen molar-refractivity contribution in [3.8, 4) is 5.75 Å². The van der Waals surface area contributed by atoms with Gasteiger partial charge in [-0.2, -0.15) is 0 Å². The minimum Gasteiger partial charge on any atom is -0.497 e. The van der Waals surface area contributed by atoms with E-state index < -0.39 is 0 Å². The Kier molecular flexibility index (Phi) is 5.64. The van der Waals surface area contributed by atoms with Crippen molar-refractivity contribution in [1.82, 2.24) is 10.6 Å². The smallest absolute Gasteiger partial charge is 0.191 e. The van der Waals surface area contributed by atoms with Gasteiger partial charge in [0.2, 0.25) is 0 Å². The summed E-state index contributed by atoms with van der Waals surface area (Å²) in [5.41, 5.74) is 2.37. The Morgan fingerprint density at radius 3 is 2.29 bits per heavy atom. The molecule has 2 N–H and O–H groups in total. The van der Waals surface area contributed by atoms with Gasteiger partial charge in [-0.25, -0.2) is 0 Å². The first-order valence-corrected chi connectivity index (χ1v) is 6.93. The lowest BCUT2D eigenvalue weighted by molar-refractivity contribution is 0.414. The molecule has 0 saturated carbocycles. The second-order valence-corrected chi connectivity index (χ2v) is 4.62. The summed E-state index contributed by atoms with van der Waals surface area (Å²) in [7, 11) is 3.44. The lowest BCUT2D eigenvalue weighted by Gasteiger charge is -2.12. The SMILES string of the molecule is CN=C(NCc1ccccc1)NCc1cccc(OC)c1. The van der Waals surface area contributed by atoms with E-state index in [1.54, 1.807) is 14.2 Å². The van der Waals surface area contributed by atoms with Crippen LogP contribution in [0.1, 0.15) is 11.1 Å². The third kappa shape index (κ3) is 4.84. The monoisotopic (exact) mass is 283 g/mol. The van der Waals surface area contributed by atoms with Crippen molar-refractivity contribution in [2.75, 3.05) is 14.2 Å². The quantitative estimate of drug-likeness (QED) is 0.655. The Hall–Kier alpha value is -2.49. The molecule has 2 aromatic carbocycles. The molecule has 0 unspecified atom stereocenters. The van der Waals surface area contributed by atoms with E-state index in [4.69, 9.17) is 4.74 Å². The fourth-order valence-electron chi connectivity index (χ4n) is 1.97. The number of nitrogens with zero attached hydrogens (tertiary/aromatic N) is 1. The van der Waals surface area contributed by atoms with E-state index in [9.17, 15) is 0 Å². The van der Waals surface area contributed by atoms with Crippen molar-refractivity contribution < 1.29 is 4.74 Å². The number of benzene rings is 2. The number of methoxy groups -OCH3 is 1. The zero-order valence-corrected chi connectivity index (χ0v) is 12.5. The van der Waals surface area contributed by atoms with Gasteiger partial charge in [-0.05, 0) is 23.3 Å². The van der Waals surface area contributed by atoms with E-state index in [2.05, 4.69) is 33.8 Å². The van der Waals surface area contributed by atoms with Crippen molar-refractivity contribution in [2.24, 2.45) is 4.99 Å². The first-order valence-electron chi connectivity index (χ1n) is 6.93. The van der Waals surface area contributed by atoms with Gasteiger partial charge < -0.3 is 15.4 Å². The highest BCUT2D eigenvalue weighted by Crippen LogP contribution is 2.12. The zero-order chi connectivity index (χ0) is 14.9. The average molecular weight is 283 g/mol. The predicted octanol–water partition coefficient (Wildman–Crippen LogP) is 2.56. The second-order valence-electron chi connectivity index (χ2n) is 4.62. The summed E-state index contributed by atoms with van der Waals surface area (Å²) in [6.07, 6.45) is 0. The molecule has 0 aliphatic rings. The maximum Gasteiger partial charge on any atom is 0.191 e. The molecule has 0 spiro atoms. The van der Waals surface area contributed by atoms with Crippen molar-refractivity contribution >= 4 is 5.96 Å². The summed E-state index contributed by atoms with van der Waals surface area (Å²) in [5, 5.41) is 6.58. The third-order valence-corrected chi connectivity index (χ3v) is 3.12. The van der Waals surface area contributed by atoms with Crippen molar-refractivity contribution in [2.45, 2.75) is 13.1 Å². The molecule has 0 aromatic heterocycles. The molecule has 0 aliphatic carbocycles. The molecule has 0 heterocycles. The van der Waals surface area contributed by atoms with E-state index in [0.29, 0.717) is 6.54 Å². The van der Waals surface area contributed by atoms with Crippen LogP contribution in [0, 0.1) is 0 Å². The largest absolute Gasteiger partial charge is 0.497 e. The van der Waals surface area contributed by atoms with Crippen LogP contribution in [0.4, 0.5) is 0 Å². The summed E-state index contributed by atoms with van der Waals surface area (Å²) >= 11 is 0. The van der Waals surface area contributed by atoms with E-state index >= 15 is 0 Å². The minimum atomic E-state index is 0.700. The van der Waals surface area contributed by atoms with Crippen LogP contribution in [0.2, 0.25) is 0 Å². The van der Waals surface area contributed by atoms with Crippen LogP contribution in [0.25, 0.3) is 0 Å². The summed E-state index contributed by atoms with van der Waals surface area (Å²) in [6.45, 7) is 1.45. The van der Waals surface area contributed by atoms with E-state index in [1.807, 2.05) is 36.4 Å². The maximum absolute atomic E-state index is 5.22. The van der Waals surface area contributed by atoms with Crippen LogP contribution in [0.3, 0.4) is 0 Å². The normalized spacial score (nSPS) is 11.0. The topological polar surface area (TPSA) is 45.7 Å². The molecule has 0 saturated heterocycles. The summed E-state index contributed by atoms with van der Waals surface area (Å²) in [5.74, 6) is 1.64. The second kappa shape index (κ2) is 7.94. The molecule has 0 radical (unpaired) electrons. The van der Waals surface area contributed by atoms with Gasteiger partial charge in [-0.3, -0.25) is 4.99 Å². The Bertz CT molecular complexity index is 582. The van der Waals surface area contributed by atoms with Gasteiger partial charge in [0.15, 0.2) is 5.96 Å². The van der Waals surface area contributed by atoms with Crippen LogP contribution in [0.5, 0.6) is 5.75 Å². The number of hydrogen-bond acceptors (Lipinski definition) is 2. The van der Waals surface area contributed by atoms with Gasteiger partial charge >= 0.3 is 0 Å². The number of rotatable bonds is 5. The summed E-state index contributed by atoms with van der Waals surface area (Å²) < 4.78 is 5.22. The fraction of sp³-hybridized carbons (Fsp3) is 0.235. The molecule has 21 heavy (non-hydrogen) atoms. The van der Waals surface area contributed by atoms with Crippen LogP contribution < -0.4 is 15.4 Å². The molecule has 0 amide bonds. The molecule has 0 bridgehead atoms. The maximum atomic E-state index is 5.22. The van der Waals surface area contributed by atoms with Crippen molar-refractivity contribution in [1.29, 1.82) is 0 Å². The van der Waals surface area contributed by atoms with Crippen LogP contribution in [-0.2, 0) is 13.1 Å². The molecule has 0 atom stereocenters. The van der Waals surface area contributed by atoms with Crippen LogP contribution in [-0.4, -0.2) is 20.1 Å². The highest BCUT2D eigenvalue weighted by atomic mass is 16.5. The van der Waals surface area contributed by atoms with Crippen LogP contribution in [0.15, 0.2) is 59.6 Å². The first-order chi connectivity index (χ1) is 10.3. The van der Waals surface area contributed by atoms with Gasteiger partial charge in [0, 0.05) is 20.1 Å². The molecule has 2 rings (SSSR count). The molecular formula is C17H21N3O. The van der Waals surface area contributed by atoms with Gasteiger partial charge in [0.25, 0.3) is 0 Å². The standard InChI is InChI=1S/C17H21N3O/c1-18-17(19-12-14-7-4-3-5-8-14)20-13-15-9-6-10-16(11-15)21-2/h3-11H,12-13H2,1-2H3,(H2,18,19,20). The fourth-order valence-corrected chi connectivity index (χ4v) is 1.97. The summed E-state index contributed by atoms with van der Waals surface area (Å²) in [6, 6.07) is 18.2. The number of guanidine groups is 1. The Labute approximate surface area is 125 Å². The Balaban J connectivity index is 1.85. The first kappa shape index (κ1) is 14.9. The van der Waals surface area contributed by atoms with E-state index in [1.165, 1.54) is 5.56 Å². The van der Waals surface area contributed by atoms with Gasteiger partial charge in [0.1, 0.15) is 5.75 Å². The highest BCUT2D eigenvalue weighted by Gasteiger charge is 2.00. The van der Waals surface area contributed by atoms with E-state index in [-0.39, 0.29) is 0 Å². The highest BCUT2D eigenvalue weighted by molar-refractivity contribution is 5.79. The van der Waals surface area contributed by atoms with Crippen molar-refractivity contribution in [3.05, 3.63) is 65.7 Å². The minimum absolute atomic E-state index is 0.700. The van der Waals surface area contributed by atoms with Gasteiger partial charge in [-0.15, -0.1) is 0 Å². The Morgan fingerprint density at radius 1 is 0.952 bits per heavy atom. The van der Waals surface area contributed by atoms with Gasteiger partial charge in [0.05, 0.1) is 7.11 Å². The molecule has 2 aromatic rings. The number of aliphatic imine (C=N–C) groups is 1. The van der Waals surface area contributed by atoms with E-state index in [0.717, 1.165) is 23.8 Å². The predicted molar refractivity (Wildman–Crippen MR) is 86.5 cm³/mol. The number of hydrogen-bond donors (Lipinski definition) is 2. The lowest BCUT2D eigenvalue weighted by atomic mass is 10.2. The number of nitrogens with one attached hydrogen (secondary N) is 2. The molecule has 110 valence electrons. The third-order valence-electron chi connectivity index (χ3n) is 3.12. The molecule has 0 fully saturated rings. The molecule has 4 nitrogen and oxygen atoms in total. The summed E-state index contributed by atoms with van der Waals surface area (Å²) in [4.78, 5) is 4.22. The Morgan fingerprint density at radius 2 is 1.62 bits per heavy atom. The molecule has 0 aliphatic heterocycles.